The van der Waals surface area contributed by atoms with Crippen molar-refractivity contribution in [2.24, 2.45) is 0 Å². The Balaban J connectivity index is 2.26. The number of nitrogens with one attached hydrogen (secondary N) is 2. The van der Waals surface area contributed by atoms with Gasteiger partial charge in [0, 0.05) is 12.2 Å². The van der Waals surface area contributed by atoms with Crippen LogP contribution in [0.15, 0.2) is 36.4 Å². The Kier molecular flexibility index (Phi) is 7.72. The molecule has 0 saturated heterocycles. The van der Waals surface area contributed by atoms with Gasteiger partial charge in [0.1, 0.15) is 5.75 Å². The Morgan fingerprint density at radius 1 is 1.17 bits per heavy atom. The van der Waals surface area contributed by atoms with Crippen molar-refractivity contribution in [3.8, 4) is 5.75 Å². The van der Waals surface area contributed by atoms with Crippen LogP contribution in [-0.4, -0.2) is 42.5 Å². The maximum absolute atomic E-state index is 13.1. The zero-order valence-corrected chi connectivity index (χ0v) is 16.1. The number of carbonyl (C=O) groups is 1. The van der Waals surface area contributed by atoms with Crippen LogP contribution in [0.5, 0.6) is 5.75 Å². The van der Waals surface area contributed by atoms with Crippen molar-refractivity contribution >= 4 is 23.2 Å². The summed E-state index contributed by atoms with van der Waals surface area (Å²) in [4.78, 5) is 12.6. The van der Waals surface area contributed by atoms with Gasteiger partial charge in [-0.2, -0.15) is 13.2 Å². The number of hydrogen-bond donors (Lipinski definition) is 4. The molecule has 0 spiro atoms. The molecule has 29 heavy (non-hydrogen) atoms. The normalized spacial score (nSPS) is 11.4. The molecule has 0 atom stereocenters. The molecule has 0 fully saturated rings. The van der Waals surface area contributed by atoms with Gasteiger partial charge >= 0.3 is 6.18 Å². The van der Waals surface area contributed by atoms with Crippen LogP contribution in [-0.2, 0) is 12.7 Å². The Bertz CT molecular complexity index is 858. The van der Waals surface area contributed by atoms with E-state index in [-0.39, 0.29) is 17.8 Å². The Labute approximate surface area is 170 Å². The first-order valence-electron chi connectivity index (χ1n) is 8.49. The third-order valence-electron chi connectivity index (χ3n) is 4.06. The average Bonchev–Trinajstić information content (AvgIpc) is 2.69. The van der Waals surface area contributed by atoms with Crippen LogP contribution >= 0.6 is 11.6 Å². The van der Waals surface area contributed by atoms with Gasteiger partial charge in [0.25, 0.3) is 5.91 Å². The molecule has 0 saturated carbocycles. The zero-order chi connectivity index (χ0) is 21.6. The van der Waals surface area contributed by atoms with Crippen molar-refractivity contribution in [2.45, 2.75) is 18.8 Å². The molecule has 4 N–H and O–H groups in total. The van der Waals surface area contributed by atoms with Crippen LogP contribution in [0.25, 0.3) is 0 Å². The summed E-state index contributed by atoms with van der Waals surface area (Å²) in [7, 11) is 1.46. The summed E-state index contributed by atoms with van der Waals surface area (Å²) in [5, 5.41) is 23.9. The zero-order valence-electron chi connectivity index (χ0n) is 15.4. The predicted molar refractivity (Wildman–Crippen MR) is 102 cm³/mol. The van der Waals surface area contributed by atoms with Crippen LogP contribution in [0.4, 0.5) is 18.9 Å². The molecule has 0 heterocycles. The van der Waals surface area contributed by atoms with E-state index >= 15 is 0 Å². The topological polar surface area (TPSA) is 90.8 Å². The molecule has 0 aromatic heterocycles. The molecule has 2 rings (SSSR count). The summed E-state index contributed by atoms with van der Waals surface area (Å²) in [6, 6.07) is 6.61. The van der Waals surface area contributed by atoms with Gasteiger partial charge in [0.05, 0.1) is 42.5 Å². The van der Waals surface area contributed by atoms with E-state index in [0.29, 0.717) is 22.4 Å². The van der Waals surface area contributed by atoms with Gasteiger partial charge in [-0.15, -0.1) is 0 Å². The number of alkyl halides is 3. The van der Waals surface area contributed by atoms with Crippen LogP contribution in [0.3, 0.4) is 0 Å². The monoisotopic (exact) mass is 432 g/mol. The molecule has 6 nitrogen and oxygen atoms in total. The molecular weight excluding hydrogens is 413 g/mol. The number of carbonyl (C=O) groups excluding carboxylic acids is 1. The fourth-order valence-electron chi connectivity index (χ4n) is 2.50. The van der Waals surface area contributed by atoms with E-state index < -0.39 is 36.9 Å². The molecule has 0 aliphatic heterocycles. The first kappa shape index (κ1) is 22.8. The number of aliphatic hydroxyl groups is 2. The summed E-state index contributed by atoms with van der Waals surface area (Å²) in [5.74, 6) is -0.315. The van der Waals surface area contributed by atoms with Crippen molar-refractivity contribution in [3.63, 3.8) is 0 Å². The highest BCUT2D eigenvalue weighted by Gasteiger charge is 2.32. The van der Waals surface area contributed by atoms with Crippen LogP contribution in [0.2, 0.25) is 5.02 Å². The highest BCUT2D eigenvalue weighted by molar-refractivity contribution is 6.32. The second kappa shape index (κ2) is 9.82. The fourth-order valence-corrected chi connectivity index (χ4v) is 2.78. The number of hydrogen-bond acceptors (Lipinski definition) is 5. The Morgan fingerprint density at radius 2 is 1.86 bits per heavy atom. The van der Waals surface area contributed by atoms with E-state index in [1.807, 2.05) is 0 Å². The molecule has 0 aliphatic rings. The van der Waals surface area contributed by atoms with Gasteiger partial charge in [-0.05, 0) is 35.9 Å². The fraction of sp³-hybridized carbons (Fsp3) is 0.316. The van der Waals surface area contributed by atoms with Crippen molar-refractivity contribution in [2.75, 3.05) is 25.6 Å². The van der Waals surface area contributed by atoms with E-state index in [9.17, 15) is 28.2 Å². The minimum absolute atomic E-state index is 0.0155. The smallest absolute Gasteiger partial charge is 0.416 e. The minimum Gasteiger partial charge on any atom is -0.495 e. The summed E-state index contributed by atoms with van der Waals surface area (Å²) in [6.07, 6.45) is -4.63. The van der Waals surface area contributed by atoms with Crippen molar-refractivity contribution in [1.29, 1.82) is 0 Å². The largest absolute Gasteiger partial charge is 0.495 e. The molecule has 0 aliphatic carbocycles. The number of halogens is 4. The molecule has 0 bridgehead atoms. The van der Waals surface area contributed by atoms with Gasteiger partial charge < -0.3 is 25.6 Å². The number of methoxy groups -OCH3 is 1. The highest BCUT2D eigenvalue weighted by atomic mass is 35.5. The number of aliphatic hydroxyl groups excluding tert-OH is 2. The second-order valence-electron chi connectivity index (χ2n) is 6.12. The maximum atomic E-state index is 13.1. The SMILES string of the molecule is COc1ccc(CNC(=O)c2cc(C(F)(F)F)ccc2NC(CO)CO)cc1Cl. The third-order valence-corrected chi connectivity index (χ3v) is 4.36. The second-order valence-corrected chi connectivity index (χ2v) is 6.52. The third kappa shape index (κ3) is 5.99. The lowest BCUT2D eigenvalue weighted by molar-refractivity contribution is -0.137. The number of anilines is 1. The van der Waals surface area contributed by atoms with Gasteiger partial charge in [-0.1, -0.05) is 17.7 Å². The van der Waals surface area contributed by atoms with Crippen molar-refractivity contribution in [1.82, 2.24) is 5.32 Å². The molecule has 2 aromatic carbocycles. The van der Waals surface area contributed by atoms with E-state index in [1.54, 1.807) is 18.2 Å². The lowest BCUT2D eigenvalue weighted by Gasteiger charge is -2.19. The Morgan fingerprint density at radius 3 is 2.41 bits per heavy atom. The highest BCUT2D eigenvalue weighted by Crippen LogP contribution is 2.32. The van der Waals surface area contributed by atoms with Gasteiger partial charge in [0.15, 0.2) is 0 Å². The molecule has 0 radical (unpaired) electrons. The number of rotatable bonds is 8. The van der Waals surface area contributed by atoms with E-state index in [0.717, 1.165) is 12.1 Å². The summed E-state index contributed by atoms with van der Waals surface area (Å²) < 4.78 is 44.2. The molecule has 1 amide bonds. The van der Waals surface area contributed by atoms with Crippen molar-refractivity contribution < 1.29 is 32.9 Å². The molecule has 10 heteroatoms. The number of ether oxygens (including phenoxy) is 1. The van der Waals surface area contributed by atoms with E-state index in [2.05, 4.69) is 10.6 Å². The first-order chi connectivity index (χ1) is 13.7. The standard InChI is InChI=1S/C19H20ClF3N2O4/c1-29-17-5-2-11(6-15(17)20)8-24-18(28)14-7-12(19(21,22)23)3-4-16(14)25-13(9-26)10-27/h2-7,13,25-27H,8-10H2,1H3,(H,24,28). The predicted octanol–water partition coefficient (Wildman–Crippen LogP) is 3.06. The molecule has 2 aromatic rings. The summed E-state index contributed by atoms with van der Waals surface area (Å²) in [5.41, 5.74) is -0.595. The minimum atomic E-state index is -4.63. The first-order valence-corrected chi connectivity index (χ1v) is 8.87. The van der Waals surface area contributed by atoms with Crippen LogP contribution in [0, 0.1) is 0 Å². The maximum Gasteiger partial charge on any atom is 0.416 e. The van der Waals surface area contributed by atoms with Crippen molar-refractivity contribution in [3.05, 3.63) is 58.1 Å². The van der Waals surface area contributed by atoms with Gasteiger partial charge in [0.2, 0.25) is 0 Å². The van der Waals surface area contributed by atoms with Gasteiger partial charge in [-0.25, -0.2) is 0 Å². The van der Waals surface area contributed by atoms with Gasteiger partial charge in [-0.3, -0.25) is 4.79 Å². The number of benzene rings is 2. The summed E-state index contributed by atoms with van der Waals surface area (Å²) >= 11 is 6.03. The lowest BCUT2D eigenvalue weighted by atomic mass is 10.1. The van der Waals surface area contributed by atoms with Crippen LogP contribution < -0.4 is 15.4 Å². The molecule has 158 valence electrons. The Hall–Kier alpha value is -2.49. The van der Waals surface area contributed by atoms with Crippen LogP contribution in [0.1, 0.15) is 21.5 Å². The average molecular weight is 433 g/mol. The van der Waals surface area contributed by atoms with E-state index in [4.69, 9.17) is 16.3 Å². The quantitative estimate of drug-likeness (QED) is 0.514. The molecular formula is C19H20ClF3N2O4. The van der Waals surface area contributed by atoms with E-state index in [1.165, 1.54) is 7.11 Å². The number of amides is 1. The summed E-state index contributed by atoms with van der Waals surface area (Å²) in [6.45, 7) is -0.923. The lowest BCUT2D eigenvalue weighted by Crippen LogP contribution is -2.30. The molecule has 0 unspecified atom stereocenters.